The number of nitrogens with zero attached hydrogens (tertiary/aromatic N) is 1. The fourth-order valence-electron chi connectivity index (χ4n) is 1.61. The van der Waals surface area contributed by atoms with Gasteiger partial charge in [0.2, 0.25) is 0 Å². The number of hydrogen-bond donors (Lipinski definition) is 1. The molecule has 1 aromatic carbocycles. The van der Waals surface area contributed by atoms with Crippen LogP contribution < -0.4 is 5.73 Å². The van der Waals surface area contributed by atoms with Crippen LogP contribution in [-0.2, 0) is 4.74 Å². The van der Waals surface area contributed by atoms with Crippen molar-refractivity contribution >= 4 is 27.6 Å². The van der Waals surface area contributed by atoms with Gasteiger partial charge in [0.25, 0.3) is 0 Å². The molecule has 88 valence electrons. The van der Waals surface area contributed by atoms with Crippen molar-refractivity contribution in [2.24, 2.45) is 0 Å². The summed E-state index contributed by atoms with van der Waals surface area (Å²) in [5, 5.41) is 0. The van der Waals surface area contributed by atoms with Crippen LogP contribution >= 0.6 is 15.9 Å². The van der Waals surface area contributed by atoms with Crippen molar-refractivity contribution in [3.63, 3.8) is 0 Å². The van der Waals surface area contributed by atoms with Gasteiger partial charge >= 0.3 is 5.97 Å². The average Bonchev–Trinajstić information content (AvgIpc) is 2.77. The summed E-state index contributed by atoms with van der Waals surface area (Å²) >= 11 is 3.34. The van der Waals surface area contributed by atoms with Gasteiger partial charge in [0.15, 0.2) is 0 Å². The van der Waals surface area contributed by atoms with Crippen LogP contribution in [-0.4, -0.2) is 17.6 Å². The number of carbonyl (C=O) groups is 1. The van der Waals surface area contributed by atoms with Gasteiger partial charge in [0.05, 0.1) is 18.5 Å². The maximum Gasteiger partial charge on any atom is 0.355 e. The molecular formula is C12H11BrN2O2. The fourth-order valence-corrected chi connectivity index (χ4v) is 1.99. The number of ether oxygens (including phenoxy) is 1. The average molecular weight is 295 g/mol. The molecule has 0 bridgehead atoms. The standard InChI is InChI=1S/C12H11BrN2O2/c1-17-12(16)11-3-2-6-15(11)10-5-4-8(13)7-9(10)14/h2-7H,14H2,1H3. The Balaban J connectivity index is 2.53. The molecule has 1 aromatic heterocycles. The van der Waals surface area contributed by atoms with E-state index in [9.17, 15) is 4.79 Å². The number of methoxy groups -OCH3 is 1. The molecule has 2 N–H and O–H groups in total. The highest BCUT2D eigenvalue weighted by Gasteiger charge is 2.13. The van der Waals surface area contributed by atoms with Crippen molar-refractivity contribution in [2.75, 3.05) is 12.8 Å². The topological polar surface area (TPSA) is 57.2 Å². The lowest BCUT2D eigenvalue weighted by atomic mass is 10.2. The molecule has 2 rings (SSSR count). The van der Waals surface area contributed by atoms with Crippen LogP contribution in [0.3, 0.4) is 0 Å². The predicted molar refractivity (Wildman–Crippen MR) is 69.2 cm³/mol. The van der Waals surface area contributed by atoms with E-state index in [0.29, 0.717) is 11.4 Å². The zero-order chi connectivity index (χ0) is 12.4. The van der Waals surface area contributed by atoms with Gasteiger partial charge in [-0.3, -0.25) is 0 Å². The molecule has 17 heavy (non-hydrogen) atoms. The van der Waals surface area contributed by atoms with Crippen molar-refractivity contribution in [3.8, 4) is 5.69 Å². The summed E-state index contributed by atoms with van der Waals surface area (Å²) in [5.74, 6) is -0.391. The number of anilines is 1. The first-order chi connectivity index (χ1) is 8.13. The SMILES string of the molecule is COC(=O)c1cccn1-c1ccc(Br)cc1N. The number of nitrogen functional groups attached to an aromatic ring is 1. The van der Waals surface area contributed by atoms with Gasteiger partial charge in [0, 0.05) is 10.7 Å². The lowest BCUT2D eigenvalue weighted by Gasteiger charge is -2.10. The summed E-state index contributed by atoms with van der Waals surface area (Å²) in [4.78, 5) is 11.6. The monoisotopic (exact) mass is 294 g/mol. The molecule has 0 unspecified atom stereocenters. The molecule has 0 spiro atoms. The zero-order valence-corrected chi connectivity index (χ0v) is 10.8. The van der Waals surface area contributed by atoms with E-state index in [1.54, 1.807) is 29.0 Å². The number of aromatic nitrogens is 1. The van der Waals surface area contributed by atoms with Gasteiger partial charge in [0.1, 0.15) is 5.69 Å². The Bertz CT molecular complexity index is 563. The largest absolute Gasteiger partial charge is 0.464 e. The van der Waals surface area contributed by atoms with Crippen molar-refractivity contribution < 1.29 is 9.53 Å². The van der Waals surface area contributed by atoms with E-state index in [-0.39, 0.29) is 0 Å². The van der Waals surface area contributed by atoms with Crippen LogP contribution in [0.5, 0.6) is 0 Å². The molecule has 5 heteroatoms. The summed E-state index contributed by atoms with van der Waals surface area (Å²) in [6.45, 7) is 0. The van der Waals surface area contributed by atoms with Crippen molar-refractivity contribution in [3.05, 3.63) is 46.7 Å². The highest BCUT2D eigenvalue weighted by molar-refractivity contribution is 9.10. The second-order valence-corrected chi connectivity index (χ2v) is 4.37. The molecular weight excluding hydrogens is 284 g/mol. The second-order valence-electron chi connectivity index (χ2n) is 3.46. The van der Waals surface area contributed by atoms with E-state index in [4.69, 9.17) is 10.5 Å². The predicted octanol–water partition coefficient (Wildman–Crippen LogP) is 2.61. The molecule has 0 saturated heterocycles. The Morgan fingerprint density at radius 1 is 1.41 bits per heavy atom. The lowest BCUT2D eigenvalue weighted by molar-refractivity contribution is 0.0592. The van der Waals surface area contributed by atoms with Gasteiger partial charge in [-0.15, -0.1) is 0 Å². The van der Waals surface area contributed by atoms with Gasteiger partial charge in [-0.25, -0.2) is 4.79 Å². The number of rotatable bonds is 2. The Morgan fingerprint density at radius 3 is 2.82 bits per heavy atom. The molecule has 0 radical (unpaired) electrons. The van der Waals surface area contributed by atoms with E-state index >= 15 is 0 Å². The van der Waals surface area contributed by atoms with Crippen molar-refractivity contribution in [1.29, 1.82) is 0 Å². The first kappa shape index (κ1) is 11.7. The summed E-state index contributed by atoms with van der Waals surface area (Å²) in [5.41, 5.74) is 7.70. The van der Waals surface area contributed by atoms with Gasteiger partial charge < -0.3 is 15.0 Å². The molecule has 0 aliphatic heterocycles. The smallest absolute Gasteiger partial charge is 0.355 e. The van der Waals surface area contributed by atoms with Crippen LogP contribution in [0.25, 0.3) is 5.69 Å². The third kappa shape index (κ3) is 2.19. The van der Waals surface area contributed by atoms with Crippen molar-refractivity contribution in [1.82, 2.24) is 4.57 Å². The van der Waals surface area contributed by atoms with Crippen LogP contribution in [0, 0.1) is 0 Å². The third-order valence-corrected chi connectivity index (χ3v) is 2.89. The summed E-state index contributed by atoms with van der Waals surface area (Å²) in [7, 11) is 1.35. The second kappa shape index (κ2) is 4.63. The van der Waals surface area contributed by atoms with E-state index in [2.05, 4.69) is 15.9 Å². The molecule has 4 nitrogen and oxygen atoms in total. The number of halogens is 1. The molecule has 0 aliphatic carbocycles. The molecule has 0 aliphatic rings. The summed E-state index contributed by atoms with van der Waals surface area (Å²) in [6.07, 6.45) is 1.77. The zero-order valence-electron chi connectivity index (χ0n) is 9.18. The number of carbonyl (C=O) groups excluding carboxylic acids is 1. The third-order valence-electron chi connectivity index (χ3n) is 2.39. The van der Waals surface area contributed by atoms with Crippen LogP contribution in [0.15, 0.2) is 41.0 Å². The molecule has 2 aromatic rings. The van der Waals surface area contributed by atoms with Gasteiger partial charge in [-0.05, 0) is 30.3 Å². The molecule has 0 saturated carbocycles. The summed E-state index contributed by atoms with van der Waals surface area (Å²) < 4.78 is 7.31. The Labute approximate surface area is 107 Å². The normalized spacial score (nSPS) is 10.2. The summed E-state index contributed by atoms with van der Waals surface area (Å²) in [6, 6.07) is 8.95. The lowest BCUT2D eigenvalue weighted by Crippen LogP contribution is -2.09. The number of hydrogen-bond acceptors (Lipinski definition) is 3. The van der Waals surface area contributed by atoms with E-state index < -0.39 is 5.97 Å². The van der Waals surface area contributed by atoms with E-state index in [1.165, 1.54) is 7.11 Å². The highest BCUT2D eigenvalue weighted by Crippen LogP contribution is 2.23. The minimum atomic E-state index is -0.391. The van der Waals surface area contributed by atoms with E-state index in [0.717, 1.165) is 10.2 Å². The number of nitrogens with two attached hydrogens (primary N) is 1. The first-order valence-electron chi connectivity index (χ1n) is 4.94. The molecule has 1 heterocycles. The molecule has 0 fully saturated rings. The Kier molecular flexibility index (Phi) is 3.19. The number of esters is 1. The number of benzene rings is 1. The quantitative estimate of drug-likeness (QED) is 0.684. The Hall–Kier alpha value is -1.75. The fraction of sp³-hybridized carbons (Fsp3) is 0.0833. The van der Waals surface area contributed by atoms with Gasteiger partial charge in [-0.1, -0.05) is 15.9 Å². The van der Waals surface area contributed by atoms with Crippen molar-refractivity contribution in [2.45, 2.75) is 0 Å². The van der Waals surface area contributed by atoms with E-state index in [1.807, 2.05) is 12.1 Å². The highest BCUT2D eigenvalue weighted by atomic mass is 79.9. The van der Waals surface area contributed by atoms with Gasteiger partial charge in [-0.2, -0.15) is 0 Å². The minimum Gasteiger partial charge on any atom is -0.464 e. The minimum absolute atomic E-state index is 0.391. The Morgan fingerprint density at radius 2 is 2.18 bits per heavy atom. The van der Waals surface area contributed by atoms with Crippen LogP contribution in [0.4, 0.5) is 5.69 Å². The van der Waals surface area contributed by atoms with Crippen LogP contribution in [0.1, 0.15) is 10.5 Å². The first-order valence-corrected chi connectivity index (χ1v) is 5.74. The molecule has 0 atom stereocenters. The van der Waals surface area contributed by atoms with Crippen LogP contribution in [0.2, 0.25) is 0 Å². The maximum absolute atomic E-state index is 11.6. The molecule has 0 amide bonds. The maximum atomic E-state index is 11.6.